The van der Waals surface area contributed by atoms with E-state index in [2.05, 4.69) is 6.07 Å². The molecule has 1 amide bonds. The minimum Gasteiger partial charge on any atom is -0.329 e. The first-order valence-electron chi connectivity index (χ1n) is 10.5. The van der Waals surface area contributed by atoms with Gasteiger partial charge in [0.05, 0.1) is 21.2 Å². The second kappa shape index (κ2) is 8.68. The number of hydrogen-bond acceptors (Lipinski definition) is 5. The molecule has 1 aliphatic heterocycles. The summed E-state index contributed by atoms with van der Waals surface area (Å²) in [4.78, 5) is 20.2. The number of nitrogens with zero attached hydrogens (tertiary/aromatic N) is 3. The van der Waals surface area contributed by atoms with Crippen LogP contribution in [0.15, 0.2) is 53.4 Å². The lowest BCUT2D eigenvalue weighted by Crippen LogP contribution is -2.38. The number of benzene rings is 2. The lowest BCUT2D eigenvalue weighted by atomic mass is 10.0. The Bertz CT molecular complexity index is 1150. The zero-order valence-corrected chi connectivity index (χ0v) is 19.6. The van der Waals surface area contributed by atoms with Crippen LogP contribution in [0.3, 0.4) is 0 Å². The van der Waals surface area contributed by atoms with Crippen LogP contribution in [0.2, 0.25) is 0 Å². The summed E-state index contributed by atoms with van der Waals surface area (Å²) in [6.45, 7) is 4.33. The molecule has 3 aromatic rings. The molecule has 1 fully saturated rings. The monoisotopic (exact) mass is 457 g/mol. The number of thiazole rings is 1. The first kappa shape index (κ1) is 21.9. The molecule has 0 aliphatic carbocycles. The van der Waals surface area contributed by atoms with Crippen molar-refractivity contribution in [3.05, 3.63) is 59.1 Å². The Morgan fingerprint density at radius 1 is 1.13 bits per heavy atom. The van der Waals surface area contributed by atoms with E-state index in [1.807, 2.05) is 36.9 Å². The molecule has 164 valence electrons. The summed E-state index contributed by atoms with van der Waals surface area (Å²) in [7, 11) is -2.01. The molecule has 1 aliphatic rings. The number of para-hydroxylation sites is 1. The van der Waals surface area contributed by atoms with Gasteiger partial charge in [0.2, 0.25) is 10.0 Å². The minimum atomic E-state index is -3.57. The Hall–Kier alpha value is -2.29. The lowest BCUT2D eigenvalue weighted by Gasteiger charge is -2.34. The van der Waals surface area contributed by atoms with Crippen LogP contribution in [-0.2, 0) is 10.0 Å². The molecule has 1 atom stereocenters. The molecule has 8 heteroatoms. The third-order valence-corrected chi connectivity index (χ3v) is 9.05. The fourth-order valence-corrected chi connectivity index (χ4v) is 6.33. The van der Waals surface area contributed by atoms with Crippen LogP contribution in [0.25, 0.3) is 10.2 Å². The number of carbonyl (C=O) groups excluding carboxylic acids is 1. The highest BCUT2D eigenvalue weighted by Gasteiger charge is 2.31. The average Bonchev–Trinajstić information content (AvgIpc) is 3.22. The molecule has 0 radical (unpaired) electrons. The molecule has 0 bridgehead atoms. The molecule has 1 aromatic heterocycles. The summed E-state index contributed by atoms with van der Waals surface area (Å²) in [5.41, 5.74) is 1.46. The highest BCUT2D eigenvalue weighted by molar-refractivity contribution is 7.89. The number of piperidine rings is 1. The van der Waals surface area contributed by atoms with E-state index in [-0.39, 0.29) is 22.9 Å². The van der Waals surface area contributed by atoms with Crippen LogP contribution in [0.5, 0.6) is 0 Å². The normalized spacial score (nSPS) is 17.6. The van der Waals surface area contributed by atoms with Gasteiger partial charge >= 0.3 is 0 Å². The molecule has 0 spiro atoms. The van der Waals surface area contributed by atoms with E-state index in [0.717, 1.165) is 34.5 Å². The Labute approximate surface area is 187 Å². The van der Waals surface area contributed by atoms with Gasteiger partial charge in [-0.3, -0.25) is 4.79 Å². The number of carbonyl (C=O) groups is 1. The molecule has 0 N–H and O–H groups in total. The number of rotatable bonds is 5. The van der Waals surface area contributed by atoms with Crippen LogP contribution in [0.1, 0.15) is 54.5 Å². The Morgan fingerprint density at radius 2 is 1.84 bits per heavy atom. The molecule has 4 rings (SSSR count). The summed E-state index contributed by atoms with van der Waals surface area (Å²) in [5.74, 6) is -0.0786. The van der Waals surface area contributed by atoms with Crippen LogP contribution in [0, 0.1) is 0 Å². The largest absolute Gasteiger partial charge is 0.329 e. The van der Waals surface area contributed by atoms with Gasteiger partial charge < -0.3 is 4.90 Å². The molecule has 31 heavy (non-hydrogen) atoms. The van der Waals surface area contributed by atoms with Crippen LogP contribution in [0.4, 0.5) is 0 Å². The summed E-state index contributed by atoms with van der Waals surface area (Å²) in [6.07, 6.45) is 2.90. The fourth-order valence-electron chi connectivity index (χ4n) is 3.84. The van der Waals surface area contributed by atoms with Crippen LogP contribution in [-0.4, -0.2) is 48.1 Å². The second-order valence-electron chi connectivity index (χ2n) is 8.17. The van der Waals surface area contributed by atoms with Crippen molar-refractivity contribution in [2.45, 2.75) is 50.1 Å². The van der Waals surface area contributed by atoms with Gasteiger partial charge in [0.25, 0.3) is 5.91 Å². The maximum Gasteiger partial charge on any atom is 0.254 e. The Kier molecular flexibility index (Phi) is 6.14. The van der Waals surface area contributed by atoms with Crippen molar-refractivity contribution < 1.29 is 13.2 Å². The smallest absolute Gasteiger partial charge is 0.254 e. The number of aromatic nitrogens is 1. The zero-order valence-electron chi connectivity index (χ0n) is 18.0. The van der Waals surface area contributed by atoms with Gasteiger partial charge in [0.1, 0.15) is 5.01 Å². The van der Waals surface area contributed by atoms with Gasteiger partial charge in [-0.1, -0.05) is 12.1 Å². The summed E-state index contributed by atoms with van der Waals surface area (Å²) < 4.78 is 27.9. The van der Waals surface area contributed by atoms with E-state index in [9.17, 15) is 13.2 Å². The summed E-state index contributed by atoms with van der Waals surface area (Å²) >= 11 is 1.64. The topological polar surface area (TPSA) is 70.6 Å². The molecular weight excluding hydrogens is 430 g/mol. The molecule has 0 saturated carbocycles. The number of fused-ring (bicyclic) bond motifs is 1. The number of sulfonamides is 1. The Morgan fingerprint density at radius 3 is 2.52 bits per heavy atom. The van der Waals surface area contributed by atoms with E-state index in [1.165, 1.54) is 16.4 Å². The maximum absolute atomic E-state index is 13.3. The highest BCUT2D eigenvalue weighted by atomic mass is 32.2. The number of likely N-dealkylation sites (tertiary alicyclic amines) is 1. The van der Waals surface area contributed by atoms with Crippen molar-refractivity contribution in [2.24, 2.45) is 0 Å². The van der Waals surface area contributed by atoms with E-state index < -0.39 is 10.0 Å². The molecule has 2 heterocycles. The quantitative estimate of drug-likeness (QED) is 0.557. The van der Waals surface area contributed by atoms with Crippen molar-refractivity contribution in [1.29, 1.82) is 0 Å². The first-order valence-corrected chi connectivity index (χ1v) is 12.8. The molecule has 6 nitrogen and oxygen atoms in total. The molecule has 2 aromatic carbocycles. The third-order valence-electron chi connectivity index (χ3n) is 5.86. The molecular formula is C23H27N3O3S2. The highest BCUT2D eigenvalue weighted by Crippen LogP contribution is 2.36. The van der Waals surface area contributed by atoms with E-state index in [1.54, 1.807) is 30.5 Å². The van der Waals surface area contributed by atoms with E-state index in [0.29, 0.717) is 12.1 Å². The SMILES string of the molecule is CC(C)N(C)S(=O)(=O)c1ccc(C(=O)N2CCCCC2c2nc3ccccc3s2)cc1. The summed E-state index contributed by atoms with van der Waals surface area (Å²) in [6, 6.07) is 14.1. The van der Waals surface area contributed by atoms with Crippen LogP contribution < -0.4 is 0 Å². The van der Waals surface area contributed by atoms with Gasteiger partial charge in [-0.05, 0) is 69.5 Å². The standard InChI is InChI=1S/C23H27N3O3S2/c1-16(2)25(3)31(28,29)18-13-11-17(12-14-18)23(27)26-15-7-6-9-20(26)22-24-19-8-4-5-10-21(19)30-22/h4-5,8,10-14,16,20H,6-7,9,15H2,1-3H3. The molecule has 1 unspecified atom stereocenters. The predicted octanol–water partition coefficient (Wildman–Crippen LogP) is 4.69. The first-order chi connectivity index (χ1) is 14.8. The number of hydrogen-bond donors (Lipinski definition) is 0. The van der Waals surface area contributed by atoms with Crippen molar-refractivity contribution >= 4 is 37.5 Å². The third kappa shape index (κ3) is 4.24. The zero-order chi connectivity index (χ0) is 22.2. The van der Waals surface area contributed by atoms with Crippen molar-refractivity contribution in [2.75, 3.05) is 13.6 Å². The summed E-state index contributed by atoms with van der Waals surface area (Å²) in [5, 5.41) is 0.965. The molecule has 1 saturated heterocycles. The average molecular weight is 458 g/mol. The van der Waals surface area contributed by atoms with Crippen LogP contribution >= 0.6 is 11.3 Å². The minimum absolute atomic E-state index is 0.0471. The predicted molar refractivity (Wildman–Crippen MR) is 124 cm³/mol. The number of amides is 1. The van der Waals surface area contributed by atoms with E-state index in [4.69, 9.17) is 4.98 Å². The van der Waals surface area contributed by atoms with Gasteiger partial charge in [-0.2, -0.15) is 4.31 Å². The van der Waals surface area contributed by atoms with Crippen molar-refractivity contribution in [3.63, 3.8) is 0 Å². The van der Waals surface area contributed by atoms with E-state index >= 15 is 0 Å². The Balaban J connectivity index is 1.60. The van der Waals surface area contributed by atoms with Gasteiger partial charge in [-0.15, -0.1) is 11.3 Å². The second-order valence-corrected chi connectivity index (χ2v) is 11.2. The van der Waals surface area contributed by atoms with Gasteiger partial charge in [0.15, 0.2) is 0 Å². The van der Waals surface area contributed by atoms with Gasteiger partial charge in [-0.25, -0.2) is 13.4 Å². The van der Waals surface area contributed by atoms with Crippen molar-refractivity contribution in [1.82, 2.24) is 14.2 Å². The maximum atomic E-state index is 13.3. The van der Waals surface area contributed by atoms with Gasteiger partial charge in [0, 0.05) is 25.2 Å². The van der Waals surface area contributed by atoms with Crippen molar-refractivity contribution in [3.8, 4) is 0 Å². The lowest BCUT2D eigenvalue weighted by molar-refractivity contribution is 0.0611. The fraction of sp³-hybridized carbons (Fsp3) is 0.391.